The quantitative estimate of drug-likeness (QED) is 0.652. The lowest BCUT2D eigenvalue weighted by Gasteiger charge is -2.20. The second kappa shape index (κ2) is 8.97. The number of nitrogens with one attached hydrogen (secondary N) is 1. The molecule has 1 rings (SSSR count). The van der Waals surface area contributed by atoms with Crippen LogP contribution in [0.25, 0.3) is 0 Å². The molecule has 0 radical (unpaired) electrons. The van der Waals surface area contributed by atoms with Gasteiger partial charge in [-0.25, -0.2) is 0 Å². The molecule has 1 saturated heterocycles. The Labute approximate surface area is 101 Å². The maximum absolute atomic E-state index is 5.94. The first-order valence-electron chi connectivity index (χ1n) is 6.91. The van der Waals surface area contributed by atoms with Crippen molar-refractivity contribution in [2.24, 2.45) is 0 Å². The van der Waals surface area contributed by atoms with Crippen molar-refractivity contribution < 1.29 is 4.74 Å². The zero-order chi connectivity index (χ0) is 11.6. The van der Waals surface area contributed by atoms with Gasteiger partial charge in [0.2, 0.25) is 0 Å². The molecule has 0 aromatic rings. The van der Waals surface area contributed by atoms with Crippen LogP contribution in [0.3, 0.4) is 0 Å². The smallest absolute Gasteiger partial charge is 0.0700 e. The molecule has 0 amide bonds. The fourth-order valence-corrected chi connectivity index (χ4v) is 2.23. The van der Waals surface area contributed by atoms with Gasteiger partial charge in [-0.05, 0) is 38.9 Å². The van der Waals surface area contributed by atoms with Gasteiger partial charge in [0.05, 0.1) is 12.7 Å². The fraction of sp³-hybridized carbons (Fsp3) is 1.00. The minimum absolute atomic E-state index is 0.410. The molecule has 1 aliphatic heterocycles. The molecule has 3 heteroatoms. The van der Waals surface area contributed by atoms with Crippen molar-refractivity contribution >= 4 is 0 Å². The van der Waals surface area contributed by atoms with Crippen LogP contribution in [-0.4, -0.2) is 50.3 Å². The summed E-state index contributed by atoms with van der Waals surface area (Å²) in [6.07, 6.45) is 5.53. The van der Waals surface area contributed by atoms with Gasteiger partial charge in [-0.1, -0.05) is 20.3 Å². The van der Waals surface area contributed by atoms with Gasteiger partial charge in [0, 0.05) is 13.1 Å². The number of likely N-dealkylation sites (tertiary alicyclic amines) is 1. The lowest BCUT2D eigenvalue weighted by Crippen LogP contribution is -2.32. The number of likely N-dealkylation sites (N-methyl/N-ethyl adjacent to an activating group) is 1. The van der Waals surface area contributed by atoms with Gasteiger partial charge in [-0.2, -0.15) is 0 Å². The van der Waals surface area contributed by atoms with Gasteiger partial charge >= 0.3 is 0 Å². The molecule has 1 fully saturated rings. The molecular weight excluding hydrogens is 200 g/mol. The maximum Gasteiger partial charge on any atom is 0.0700 e. The van der Waals surface area contributed by atoms with E-state index in [1.165, 1.54) is 38.8 Å². The lowest BCUT2D eigenvalue weighted by atomic mass is 10.2. The van der Waals surface area contributed by atoms with Crippen LogP contribution < -0.4 is 5.32 Å². The molecule has 16 heavy (non-hydrogen) atoms. The van der Waals surface area contributed by atoms with Crippen molar-refractivity contribution in [2.75, 3.05) is 39.3 Å². The van der Waals surface area contributed by atoms with E-state index >= 15 is 0 Å². The van der Waals surface area contributed by atoms with E-state index < -0.39 is 0 Å². The Kier molecular flexibility index (Phi) is 7.81. The molecule has 1 N–H and O–H groups in total. The van der Waals surface area contributed by atoms with Gasteiger partial charge in [0.25, 0.3) is 0 Å². The zero-order valence-corrected chi connectivity index (χ0v) is 11.0. The molecule has 3 nitrogen and oxygen atoms in total. The highest BCUT2D eigenvalue weighted by molar-refractivity contribution is 4.66. The van der Waals surface area contributed by atoms with Crippen molar-refractivity contribution in [3.8, 4) is 0 Å². The molecular formula is C13H28N2O. The highest BCUT2D eigenvalue weighted by Gasteiger charge is 2.12. The molecule has 0 bridgehead atoms. The SMILES string of the molecule is CCCC(CNCC)OCCN1CCCC1. The number of rotatable bonds is 9. The van der Waals surface area contributed by atoms with Crippen molar-refractivity contribution in [3.05, 3.63) is 0 Å². The second-order valence-electron chi connectivity index (χ2n) is 4.64. The monoisotopic (exact) mass is 228 g/mol. The number of hydrogen-bond donors (Lipinski definition) is 1. The molecule has 0 aromatic heterocycles. The average Bonchev–Trinajstić information content (AvgIpc) is 2.79. The largest absolute Gasteiger partial charge is 0.376 e. The van der Waals surface area contributed by atoms with Crippen molar-refractivity contribution in [1.29, 1.82) is 0 Å². The Balaban J connectivity index is 2.05. The molecule has 1 unspecified atom stereocenters. The summed E-state index contributed by atoms with van der Waals surface area (Å²) in [6, 6.07) is 0. The Hall–Kier alpha value is -0.120. The van der Waals surface area contributed by atoms with E-state index in [0.29, 0.717) is 6.10 Å². The average molecular weight is 228 g/mol. The first-order chi connectivity index (χ1) is 7.86. The summed E-state index contributed by atoms with van der Waals surface area (Å²) < 4.78 is 5.94. The minimum Gasteiger partial charge on any atom is -0.376 e. The Morgan fingerprint density at radius 1 is 1.25 bits per heavy atom. The topological polar surface area (TPSA) is 24.5 Å². The predicted octanol–water partition coefficient (Wildman–Crippen LogP) is 1.88. The minimum atomic E-state index is 0.410. The van der Waals surface area contributed by atoms with Gasteiger partial charge in [-0.3, -0.25) is 0 Å². The summed E-state index contributed by atoms with van der Waals surface area (Å²) in [5.74, 6) is 0. The van der Waals surface area contributed by atoms with Crippen molar-refractivity contribution in [2.45, 2.75) is 45.6 Å². The van der Waals surface area contributed by atoms with Crippen LogP contribution in [0, 0.1) is 0 Å². The number of hydrogen-bond acceptors (Lipinski definition) is 3. The van der Waals surface area contributed by atoms with E-state index in [4.69, 9.17) is 4.74 Å². The maximum atomic E-state index is 5.94. The third-order valence-corrected chi connectivity index (χ3v) is 3.19. The summed E-state index contributed by atoms with van der Waals surface area (Å²) >= 11 is 0. The van der Waals surface area contributed by atoms with E-state index in [1.54, 1.807) is 0 Å². The first kappa shape index (κ1) is 13.9. The van der Waals surface area contributed by atoms with E-state index in [0.717, 1.165) is 26.2 Å². The normalized spacial score (nSPS) is 19.1. The van der Waals surface area contributed by atoms with Crippen LogP contribution in [0.15, 0.2) is 0 Å². The summed E-state index contributed by atoms with van der Waals surface area (Å²) in [5.41, 5.74) is 0. The molecule has 1 heterocycles. The molecule has 0 saturated carbocycles. The molecule has 0 aliphatic carbocycles. The molecule has 96 valence electrons. The highest BCUT2D eigenvalue weighted by Crippen LogP contribution is 2.07. The molecule has 1 aliphatic rings. The van der Waals surface area contributed by atoms with E-state index in [1.807, 2.05) is 0 Å². The first-order valence-corrected chi connectivity index (χ1v) is 6.91. The summed E-state index contributed by atoms with van der Waals surface area (Å²) in [5, 5.41) is 3.37. The Morgan fingerprint density at radius 3 is 2.62 bits per heavy atom. The Morgan fingerprint density at radius 2 is 2.00 bits per heavy atom. The summed E-state index contributed by atoms with van der Waals surface area (Å²) in [6.45, 7) is 11.0. The predicted molar refractivity (Wildman–Crippen MR) is 68.9 cm³/mol. The third kappa shape index (κ3) is 5.83. The van der Waals surface area contributed by atoms with Crippen LogP contribution in [0.2, 0.25) is 0 Å². The van der Waals surface area contributed by atoms with Crippen molar-refractivity contribution in [3.63, 3.8) is 0 Å². The standard InChI is InChI=1S/C13H28N2O/c1-3-7-13(12-14-4-2)16-11-10-15-8-5-6-9-15/h13-14H,3-12H2,1-2H3. The molecule has 0 spiro atoms. The summed E-state index contributed by atoms with van der Waals surface area (Å²) in [4.78, 5) is 2.51. The second-order valence-corrected chi connectivity index (χ2v) is 4.64. The highest BCUT2D eigenvalue weighted by atomic mass is 16.5. The lowest BCUT2D eigenvalue weighted by molar-refractivity contribution is 0.0358. The molecule has 1 atom stereocenters. The van der Waals surface area contributed by atoms with Crippen LogP contribution >= 0.6 is 0 Å². The third-order valence-electron chi connectivity index (χ3n) is 3.19. The van der Waals surface area contributed by atoms with Crippen LogP contribution in [0.5, 0.6) is 0 Å². The zero-order valence-electron chi connectivity index (χ0n) is 11.0. The van der Waals surface area contributed by atoms with Crippen LogP contribution in [0.4, 0.5) is 0 Å². The van der Waals surface area contributed by atoms with Crippen LogP contribution in [-0.2, 0) is 4.74 Å². The van der Waals surface area contributed by atoms with Gasteiger partial charge in [0.15, 0.2) is 0 Å². The van der Waals surface area contributed by atoms with Gasteiger partial charge < -0.3 is 15.0 Å². The number of ether oxygens (including phenoxy) is 1. The fourth-order valence-electron chi connectivity index (χ4n) is 2.23. The van der Waals surface area contributed by atoms with Crippen molar-refractivity contribution in [1.82, 2.24) is 10.2 Å². The van der Waals surface area contributed by atoms with Crippen LogP contribution in [0.1, 0.15) is 39.5 Å². The van der Waals surface area contributed by atoms with Gasteiger partial charge in [0.1, 0.15) is 0 Å². The molecule has 0 aromatic carbocycles. The van der Waals surface area contributed by atoms with Gasteiger partial charge in [-0.15, -0.1) is 0 Å². The van der Waals surface area contributed by atoms with E-state index in [9.17, 15) is 0 Å². The van der Waals surface area contributed by atoms with E-state index in [-0.39, 0.29) is 0 Å². The number of nitrogens with zero attached hydrogens (tertiary/aromatic N) is 1. The Bertz CT molecular complexity index is 158. The summed E-state index contributed by atoms with van der Waals surface area (Å²) in [7, 11) is 0. The van der Waals surface area contributed by atoms with E-state index in [2.05, 4.69) is 24.1 Å².